The molecule has 4 heterocycles. The lowest BCUT2D eigenvalue weighted by atomic mass is 9.94. The van der Waals surface area contributed by atoms with Crippen molar-refractivity contribution in [1.29, 1.82) is 0 Å². The van der Waals surface area contributed by atoms with E-state index in [1.54, 1.807) is 0 Å². The highest BCUT2D eigenvalue weighted by Gasteiger charge is 2.19. The Kier molecular flexibility index (Phi) is 10.1. The van der Waals surface area contributed by atoms with E-state index in [0.29, 0.717) is 5.82 Å². The molecule has 0 aliphatic rings. The lowest BCUT2D eigenvalue weighted by Crippen LogP contribution is -1.96. The summed E-state index contributed by atoms with van der Waals surface area (Å²) in [6, 6.07) is 93.5. The van der Waals surface area contributed by atoms with Crippen LogP contribution in [0.5, 0.6) is 0 Å². The molecular weight excluding hydrogens is 885 g/mol. The van der Waals surface area contributed by atoms with Crippen molar-refractivity contribution < 1.29 is 0 Å². The first-order valence-electron chi connectivity index (χ1n) is 24.8. The Morgan fingerprint density at radius 2 is 0.603 bits per heavy atom. The number of aromatic nitrogens is 4. The van der Waals surface area contributed by atoms with Crippen molar-refractivity contribution in [2.45, 2.75) is 0 Å². The maximum absolute atomic E-state index is 5.17. The van der Waals surface area contributed by atoms with Gasteiger partial charge < -0.3 is 4.40 Å². The molecule has 0 bridgehead atoms. The van der Waals surface area contributed by atoms with E-state index in [2.05, 4.69) is 234 Å². The third-order valence-corrected chi connectivity index (χ3v) is 14.4. The maximum atomic E-state index is 5.17. The monoisotopic (exact) mass is 928 g/mol. The van der Waals surface area contributed by atoms with Crippen LogP contribution in [0.2, 0.25) is 0 Å². The molecule has 0 aliphatic heterocycles. The van der Waals surface area contributed by atoms with Crippen LogP contribution in [0.4, 0.5) is 0 Å². The molecule has 14 rings (SSSR count). The molecule has 4 aromatic heterocycles. The van der Waals surface area contributed by atoms with Crippen LogP contribution >= 0.6 is 0 Å². The predicted octanol–water partition coefficient (Wildman–Crippen LogP) is 18.0. The first kappa shape index (κ1) is 42.1. The summed E-state index contributed by atoms with van der Waals surface area (Å²) >= 11 is 0. The molecule has 0 saturated carbocycles. The van der Waals surface area contributed by atoms with E-state index in [1.165, 1.54) is 71.5 Å². The first-order chi connectivity index (χ1) is 36.1. The molecule has 340 valence electrons. The van der Waals surface area contributed by atoms with Crippen LogP contribution in [-0.2, 0) is 0 Å². The molecule has 73 heavy (non-hydrogen) atoms. The molecule has 0 fully saturated rings. The summed E-state index contributed by atoms with van der Waals surface area (Å²) in [6.45, 7) is 0. The van der Waals surface area contributed by atoms with Crippen molar-refractivity contribution in [3.8, 4) is 101 Å². The van der Waals surface area contributed by atoms with Gasteiger partial charge in [0.1, 0.15) is 0 Å². The fourth-order valence-electron chi connectivity index (χ4n) is 10.8. The van der Waals surface area contributed by atoms with E-state index in [0.717, 1.165) is 61.6 Å². The second kappa shape index (κ2) is 17.6. The van der Waals surface area contributed by atoms with E-state index in [-0.39, 0.29) is 0 Å². The van der Waals surface area contributed by atoms with Gasteiger partial charge in [0.2, 0.25) is 0 Å². The molecule has 0 atom stereocenters. The highest BCUT2D eigenvalue weighted by molar-refractivity contribution is 6.23. The Hall–Kier alpha value is -9.77. The fourth-order valence-corrected chi connectivity index (χ4v) is 10.8. The van der Waals surface area contributed by atoms with Crippen LogP contribution < -0.4 is 0 Å². The highest BCUT2D eigenvalue weighted by Crippen LogP contribution is 2.42. The minimum atomic E-state index is 0.682. The van der Waals surface area contributed by atoms with E-state index in [9.17, 15) is 0 Å². The summed E-state index contributed by atoms with van der Waals surface area (Å²) in [5, 5.41) is 5.13. The van der Waals surface area contributed by atoms with Crippen LogP contribution in [0.3, 0.4) is 0 Å². The number of para-hydroxylation sites is 1. The quantitative estimate of drug-likeness (QED) is 0.145. The smallest absolute Gasteiger partial charge is 0.160 e. The molecule has 0 unspecified atom stereocenters. The van der Waals surface area contributed by atoms with Crippen LogP contribution in [0.25, 0.3) is 139 Å². The Bertz CT molecular complexity index is 4370. The van der Waals surface area contributed by atoms with Crippen LogP contribution in [-0.4, -0.2) is 19.4 Å². The Morgan fingerprint density at radius 1 is 0.233 bits per heavy atom. The van der Waals surface area contributed by atoms with Crippen molar-refractivity contribution in [2.24, 2.45) is 0 Å². The van der Waals surface area contributed by atoms with E-state index < -0.39 is 0 Å². The summed E-state index contributed by atoms with van der Waals surface area (Å²) < 4.78 is 2.49. The van der Waals surface area contributed by atoms with Gasteiger partial charge in [-0.15, -0.1) is 0 Å². The molecule has 0 aliphatic carbocycles. The molecule has 4 heteroatoms. The van der Waals surface area contributed by atoms with Gasteiger partial charge in [0, 0.05) is 50.0 Å². The van der Waals surface area contributed by atoms with Gasteiger partial charge in [-0.25, -0.2) is 9.97 Å². The number of rotatable bonds is 9. The van der Waals surface area contributed by atoms with Crippen LogP contribution in [0, 0.1) is 0 Å². The second-order valence-electron chi connectivity index (χ2n) is 18.8. The van der Waals surface area contributed by atoms with Gasteiger partial charge in [0.25, 0.3) is 0 Å². The van der Waals surface area contributed by atoms with Gasteiger partial charge in [-0.1, -0.05) is 200 Å². The van der Waals surface area contributed by atoms with Crippen molar-refractivity contribution in [3.05, 3.63) is 267 Å². The van der Waals surface area contributed by atoms with Gasteiger partial charge in [0.05, 0.1) is 33.6 Å². The second-order valence-corrected chi connectivity index (χ2v) is 18.8. The van der Waals surface area contributed by atoms with Gasteiger partial charge in [-0.3, -0.25) is 4.98 Å². The van der Waals surface area contributed by atoms with Gasteiger partial charge in [-0.2, -0.15) is 0 Å². The summed E-state index contributed by atoms with van der Waals surface area (Å²) in [5.74, 6) is 0.682. The minimum Gasteiger partial charge on any atom is -0.308 e. The van der Waals surface area contributed by atoms with Crippen molar-refractivity contribution in [1.82, 2.24) is 19.4 Å². The highest BCUT2D eigenvalue weighted by atomic mass is 14.9. The SMILES string of the molecule is c1ccc(-c2ccc3c4cccc5c6ccc(-c7cccc(-c8cccc(-c9cccc(-c%10cccc(-c%11cc(-c%12cccc(-c%13ccccn%13)c%12)nc(-c%12ccccc%12)n%11)c%10)c9)c8)c7)cc6n(c3c2)c45)cc1. The zero-order chi connectivity index (χ0) is 48.2. The van der Waals surface area contributed by atoms with Crippen molar-refractivity contribution in [2.75, 3.05) is 0 Å². The van der Waals surface area contributed by atoms with Crippen molar-refractivity contribution in [3.63, 3.8) is 0 Å². The number of benzene rings is 10. The Balaban J connectivity index is 0.790. The number of hydrogen-bond donors (Lipinski definition) is 0. The molecule has 0 spiro atoms. The van der Waals surface area contributed by atoms with E-state index in [4.69, 9.17) is 9.97 Å². The zero-order valence-electron chi connectivity index (χ0n) is 39.7. The Labute approximate surface area is 423 Å². The number of nitrogens with zero attached hydrogens (tertiary/aromatic N) is 4. The summed E-state index contributed by atoms with van der Waals surface area (Å²) in [5.41, 5.74) is 22.2. The summed E-state index contributed by atoms with van der Waals surface area (Å²) in [7, 11) is 0. The number of fused-ring (bicyclic) bond motifs is 6. The lowest BCUT2D eigenvalue weighted by molar-refractivity contribution is 1.18. The topological polar surface area (TPSA) is 43.1 Å². The lowest BCUT2D eigenvalue weighted by Gasteiger charge is -2.12. The molecule has 10 aromatic carbocycles. The van der Waals surface area contributed by atoms with Gasteiger partial charge in [-0.05, 0) is 116 Å². The fraction of sp³-hybridized carbons (Fsp3) is 0. The standard InChI is InChI=1S/C69H44N4/c1-3-15-45(16-4-1)54-32-34-59-61-29-14-30-62-60-35-33-55(43-67(60)73(68(61)62)66(59)42-54)52-24-11-22-50(39-52)48-20-9-19-47(37-48)49-21-10-23-51(38-49)53-25-12-27-57(40-53)64-44-65(72-69(71-64)46-17-5-2-6-18-46)58-28-13-26-56(41-58)63-31-7-8-36-70-63/h1-44H. The normalized spacial score (nSPS) is 11.6. The Morgan fingerprint density at radius 3 is 1.08 bits per heavy atom. The molecular formula is C69H44N4. The summed E-state index contributed by atoms with van der Waals surface area (Å²) in [6.07, 6.45) is 1.83. The molecule has 4 nitrogen and oxygen atoms in total. The molecule has 0 amide bonds. The number of pyridine rings is 1. The largest absolute Gasteiger partial charge is 0.308 e. The molecule has 0 radical (unpaired) electrons. The third-order valence-electron chi connectivity index (χ3n) is 14.4. The summed E-state index contributed by atoms with van der Waals surface area (Å²) in [4.78, 5) is 14.9. The zero-order valence-corrected chi connectivity index (χ0v) is 39.7. The van der Waals surface area contributed by atoms with Crippen LogP contribution in [0.15, 0.2) is 267 Å². The van der Waals surface area contributed by atoms with Crippen LogP contribution in [0.1, 0.15) is 0 Å². The molecule has 0 N–H and O–H groups in total. The molecule has 0 saturated heterocycles. The number of hydrogen-bond acceptors (Lipinski definition) is 3. The van der Waals surface area contributed by atoms with E-state index in [1.807, 2.05) is 42.6 Å². The maximum Gasteiger partial charge on any atom is 0.160 e. The van der Waals surface area contributed by atoms with E-state index >= 15 is 0 Å². The average Bonchev–Trinajstić information content (AvgIpc) is 4.04. The molecule has 14 aromatic rings. The average molecular weight is 929 g/mol. The predicted molar refractivity (Wildman–Crippen MR) is 303 cm³/mol. The minimum absolute atomic E-state index is 0.682. The van der Waals surface area contributed by atoms with Gasteiger partial charge in [0.15, 0.2) is 5.82 Å². The first-order valence-corrected chi connectivity index (χ1v) is 24.8. The third kappa shape index (κ3) is 7.61. The van der Waals surface area contributed by atoms with Crippen molar-refractivity contribution >= 4 is 38.1 Å². The van der Waals surface area contributed by atoms with Gasteiger partial charge >= 0.3 is 0 Å².